The van der Waals surface area contributed by atoms with Crippen LogP contribution in [0.25, 0.3) is 0 Å². The van der Waals surface area contributed by atoms with Crippen LogP contribution in [0.15, 0.2) is 35.8 Å². The number of thiophene rings is 1. The first-order chi connectivity index (χ1) is 9.66. The number of nitrogens with one attached hydrogen (secondary N) is 1. The summed E-state index contributed by atoms with van der Waals surface area (Å²) in [6.45, 7) is 0. The van der Waals surface area contributed by atoms with E-state index in [0.29, 0.717) is 6.42 Å². The standard InChI is InChI=1S/C15H19N3OS/c1-18(2)15-13(8-4-10-16-15)17-14(19)9-3-6-12-7-5-11-20-12/h4-5,7-8,10-11H,3,6,9H2,1-2H3,(H,17,19). The van der Waals surface area contributed by atoms with E-state index in [2.05, 4.69) is 21.7 Å². The Labute approximate surface area is 123 Å². The van der Waals surface area contributed by atoms with Gasteiger partial charge in [0.2, 0.25) is 5.91 Å². The molecule has 0 aliphatic rings. The van der Waals surface area contributed by atoms with E-state index in [1.807, 2.05) is 37.2 Å². The van der Waals surface area contributed by atoms with Gasteiger partial charge in [0.1, 0.15) is 0 Å². The van der Waals surface area contributed by atoms with Crippen molar-refractivity contribution in [2.24, 2.45) is 0 Å². The van der Waals surface area contributed by atoms with Crippen molar-refractivity contribution in [1.29, 1.82) is 0 Å². The Morgan fingerprint density at radius 2 is 2.20 bits per heavy atom. The van der Waals surface area contributed by atoms with Crippen LogP contribution in [0.2, 0.25) is 0 Å². The molecule has 2 heterocycles. The molecule has 5 heteroatoms. The predicted octanol–water partition coefficient (Wildman–Crippen LogP) is 3.17. The van der Waals surface area contributed by atoms with E-state index in [1.165, 1.54) is 4.88 Å². The zero-order chi connectivity index (χ0) is 14.4. The number of hydrogen-bond acceptors (Lipinski definition) is 4. The molecule has 2 rings (SSSR count). The van der Waals surface area contributed by atoms with Crippen molar-refractivity contribution in [2.45, 2.75) is 19.3 Å². The summed E-state index contributed by atoms with van der Waals surface area (Å²) < 4.78 is 0. The number of pyridine rings is 1. The SMILES string of the molecule is CN(C)c1ncccc1NC(=O)CCCc1cccs1. The van der Waals surface area contributed by atoms with E-state index in [4.69, 9.17) is 0 Å². The van der Waals surface area contributed by atoms with Gasteiger partial charge in [-0.3, -0.25) is 4.79 Å². The second-order valence-corrected chi connectivity index (χ2v) is 5.78. The fourth-order valence-corrected chi connectivity index (χ4v) is 2.69. The first-order valence-electron chi connectivity index (χ1n) is 6.61. The van der Waals surface area contributed by atoms with Gasteiger partial charge in [0.25, 0.3) is 0 Å². The van der Waals surface area contributed by atoms with Crippen LogP contribution in [0.4, 0.5) is 11.5 Å². The Morgan fingerprint density at radius 1 is 1.35 bits per heavy atom. The quantitative estimate of drug-likeness (QED) is 0.888. The lowest BCUT2D eigenvalue weighted by Gasteiger charge is -2.16. The largest absolute Gasteiger partial charge is 0.361 e. The third-order valence-corrected chi connectivity index (χ3v) is 3.83. The number of amides is 1. The van der Waals surface area contributed by atoms with Crippen LogP contribution in [0, 0.1) is 0 Å². The van der Waals surface area contributed by atoms with Crippen molar-refractivity contribution in [2.75, 3.05) is 24.3 Å². The molecule has 2 aromatic heterocycles. The highest BCUT2D eigenvalue weighted by Crippen LogP contribution is 2.20. The number of aryl methyl sites for hydroxylation is 1. The van der Waals surface area contributed by atoms with Crippen molar-refractivity contribution in [3.63, 3.8) is 0 Å². The minimum Gasteiger partial charge on any atom is -0.361 e. The van der Waals surface area contributed by atoms with E-state index in [-0.39, 0.29) is 5.91 Å². The Morgan fingerprint density at radius 3 is 2.90 bits per heavy atom. The monoisotopic (exact) mass is 289 g/mol. The van der Waals surface area contributed by atoms with Gasteiger partial charge >= 0.3 is 0 Å². The molecule has 0 bridgehead atoms. The molecule has 0 aliphatic carbocycles. The Bertz CT molecular complexity index is 552. The van der Waals surface area contributed by atoms with Gasteiger partial charge in [-0.25, -0.2) is 4.98 Å². The highest BCUT2D eigenvalue weighted by Gasteiger charge is 2.09. The third kappa shape index (κ3) is 4.06. The maximum Gasteiger partial charge on any atom is 0.224 e. The zero-order valence-electron chi connectivity index (χ0n) is 11.8. The summed E-state index contributed by atoms with van der Waals surface area (Å²) >= 11 is 1.74. The summed E-state index contributed by atoms with van der Waals surface area (Å²) in [6, 6.07) is 7.85. The van der Waals surface area contributed by atoms with Crippen LogP contribution >= 0.6 is 11.3 Å². The van der Waals surface area contributed by atoms with Crippen LogP contribution in [-0.2, 0) is 11.2 Å². The van der Waals surface area contributed by atoms with Crippen LogP contribution in [0.1, 0.15) is 17.7 Å². The van der Waals surface area contributed by atoms with Gasteiger partial charge in [0, 0.05) is 31.6 Å². The van der Waals surface area contributed by atoms with Crippen molar-refractivity contribution in [1.82, 2.24) is 4.98 Å². The molecule has 0 spiro atoms. The van der Waals surface area contributed by atoms with Crippen LogP contribution < -0.4 is 10.2 Å². The maximum absolute atomic E-state index is 12.0. The highest BCUT2D eigenvalue weighted by atomic mass is 32.1. The molecule has 1 amide bonds. The summed E-state index contributed by atoms with van der Waals surface area (Å²) in [5, 5.41) is 5.00. The topological polar surface area (TPSA) is 45.2 Å². The van der Waals surface area contributed by atoms with Crippen LogP contribution in [0.3, 0.4) is 0 Å². The molecule has 0 aliphatic heterocycles. The molecule has 106 valence electrons. The van der Waals surface area contributed by atoms with Crippen molar-refractivity contribution < 1.29 is 4.79 Å². The van der Waals surface area contributed by atoms with E-state index < -0.39 is 0 Å². The molecule has 2 aromatic rings. The number of hydrogen-bond donors (Lipinski definition) is 1. The summed E-state index contributed by atoms with van der Waals surface area (Å²) in [4.78, 5) is 19.4. The van der Waals surface area contributed by atoms with Crippen LogP contribution in [-0.4, -0.2) is 25.0 Å². The molecule has 0 radical (unpaired) electrons. The fraction of sp³-hybridized carbons (Fsp3) is 0.333. The molecule has 20 heavy (non-hydrogen) atoms. The molecule has 4 nitrogen and oxygen atoms in total. The molecule has 0 fully saturated rings. The average Bonchev–Trinajstić information content (AvgIpc) is 2.92. The molecule has 0 aromatic carbocycles. The van der Waals surface area contributed by atoms with E-state index in [1.54, 1.807) is 17.5 Å². The van der Waals surface area contributed by atoms with Gasteiger partial charge in [0.15, 0.2) is 5.82 Å². The minimum absolute atomic E-state index is 0.0395. The Kier molecular flexibility index (Phi) is 5.12. The lowest BCUT2D eigenvalue weighted by molar-refractivity contribution is -0.116. The van der Waals surface area contributed by atoms with Gasteiger partial charge in [-0.2, -0.15) is 0 Å². The third-order valence-electron chi connectivity index (χ3n) is 2.89. The second-order valence-electron chi connectivity index (χ2n) is 4.75. The normalized spacial score (nSPS) is 10.3. The predicted molar refractivity (Wildman–Crippen MR) is 84.5 cm³/mol. The van der Waals surface area contributed by atoms with E-state index >= 15 is 0 Å². The van der Waals surface area contributed by atoms with Crippen molar-refractivity contribution in [3.05, 3.63) is 40.7 Å². The molecule has 1 N–H and O–H groups in total. The van der Waals surface area contributed by atoms with Gasteiger partial charge in [-0.05, 0) is 36.4 Å². The van der Waals surface area contributed by atoms with Gasteiger partial charge in [0.05, 0.1) is 5.69 Å². The molecule has 0 unspecified atom stereocenters. The van der Waals surface area contributed by atoms with E-state index in [9.17, 15) is 4.79 Å². The van der Waals surface area contributed by atoms with Gasteiger partial charge < -0.3 is 10.2 Å². The van der Waals surface area contributed by atoms with Crippen LogP contribution in [0.5, 0.6) is 0 Å². The van der Waals surface area contributed by atoms with Crippen molar-refractivity contribution in [3.8, 4) is 0 Å². The van der Waals surface area contributed by atoms with E-state index in [0.717, 1.165) is 24.3 Å². The lowest BCUT2D eigenvalue weighted by Crippen LogP contribution is -2.17. The molecular formula is C15H19N3OS. The summed E-state index contributed by atoms with van der Waals surface area (Å²) in [6.07, 6.45) is 4.07. The zero-order valence-corrected chi connectivity index (χ0v) is 12.6. The molecular weight excluding hydrogens is 270 g/mol. The summed E-state index contributed by atoms with van der Waals surface area (Å²) in [5.41, 5.74) is 0.763. The molecule has 0 saturated heterocycles. The van der Waals surface area contributed by atoms with Gasteiger partial charge in [-0.1, -0.05) is 6.07 Å². The average molecular weight is 289 g/mol. The number of carbonyl (C=O) groups is 1. The Balaban J connectivity index is 1.85. The van der Waals surface area contributed by atoms with Gasteiger partial charge in [-0.15, -0.1) is 11.3 Å². The fourth-order valence-electron chi connectivity index (χ4n) is 1.94. The number of rotatable bonds is 6. The Hall–Kier alpha value is -1.88. The summed E-state index contributed by atoms with van der Waals surface area (Å²) in [5.74, 6) is 0.816. The number of nitrogens with zero attached hydrogens (tertiary/aromatic N) is 2. The number of anilines is 2. The second kappa shape index (κ2) is 7.05. The number of carbonyl (C=O) groups excluding carboxylic acids is 1. The first kappa shape index (κ1) is 14.5. The van der Waals surface area contributed by atoms with Crippen molar-refractivity contribution >= 4 is 28.7 Å². The molecule has 0 atom stereocenters. The highest BCUT2D eigenvalue weighted by molar-refractivity contribution is 7.09. The smallest absolute Gasteiger partial charge is 0.224 e. The lowest BCUT2D eigenvalue weighted by atomic mass is 10.2. The summed E-state index contributed by atoms with van der Waals surface area (Å²) in [7, 11) is 3.82. The number of aromatic nitrogens is 1. The molecule has 0 saturated carbocycles. The first-order valence-corrected chi connectivity index (χ1v) is 7.49. The maximum atomic E-state index is 12.0. The minimum atomic E-state index is 0.0395.